The minimum atomic E-state index is -2.36. The van der Waals surface area contributed by atoms with Gasteiger partial charge in [-0.1, -0.05) is 13.8 Å². The summed E-state index contributed by atoms with van der Waals surface area (Å²) in [5, 5.41) is 0. The van der Waals surface area contributed by atoms with Crippen LogP contribution in [0.5, 0.6) is 0 Å². The predicted molar refractivity (Wildman–Crippen MR) is 49.6 cm³/mol. The standard InChI is InChI=1S/C10H19F2N/c1-6-3-7(2)5-8(4-6)9(13)10(11)12/h6-10H,3-5,13H2,1-2H3. The molecule has 1 nitrogen and oxygen atoms in total. The monoisotopic (exact) mass is 191 g/mol. The van der Waals surface area contributed by atoms with Crippen molar-refractivity contribution in [2.24, 2.45) is 23.5 Å². The van der Waals surface area contributed by atoms with Gasteiger partial charge in [-0.15, -0.1) is 0 Å². The largest absolute Gasteiger partial charge is 0.323 e. The van der Waals surface area contributed by atoms with E-state index < -0.39 is 12.5 Å². The molecule has 1 fully saturated rings. The molecule has 13 heavy (non-hydrogen) atoms. The van der Waals surface area contributed by atoms with Crippen LogP contribution in [0.15, 0.2) is 0 Å². The topological polar surface area (TPSA) is 26.0 Å². The molecule has 0 saturated heterocycles. The average Bonchev–Trinajstić information content (AvgIpc) is 2.01. The van der Waals surface area contributed by atoms with Crippen molar-refractivity contribution in [3.05, 3.63) is 0 Å². The van der Waals surface area contributed by atoms with Gasteiger partial charge >= 0.3 is 0 Å². The molecular formula is C10H19F2N. The Morgan fingerprint density at radius 1 is 1.08 bits per heavy atom. The van der Waals surface area contributed by atoms with Crippen LogP contribution in [0.1, 0.15) is 33.1 Å². The SMILES string of the molecule is CC1CC(C)CC(C(N)C(F)F)C1. The van der Waals surface area contributed by atoms with Crippen molar-refractivity contribution < 1.29 is 8.78 Å². The molecule has 0 aromatic heterocycles. The third-order valence-corrected chi connectivity index (χ3v) is 3.05. The second-order valence-electron chi connectivity index (χ2n) is 4.59. The van der Waals surface area contributed by atoms with Gasteiger partial charge in [-0.05, 0) is 37.0 Å². The van der Waals surface area contributed by atoms with E-state index in [2.05, 4.69) is 13.8 Å². The third-order valence-electron chi connectivity index (χ3n) is 3.05. The predicted octanol–water partition coefficient (Wildman–Crippen LogP) is 2.65. The van der Waals surface area contributed by atoms with Gasteiger partial charge < -0.3 is 5.73 Å². The molecule has 3 heteroatoms. The zero-order valence-electron chi connectivity index (χ0n) is 8.34. The first-order valence-electron chi connectivity index (χ1n) is 5.04. The lowest BCUT2D eigenvalue weighted by molar-refractivity contribution is 0.0608. The normalized spacial score (nSPS) is 37.8. The molecule has 0 heterocycles. The molecule has 78 valence electrons. The molecule has 2 N–H and O–H groups in total. The fraction of sp³-hybridized carbons (Fsp3) is 1.00. The molecule has 0 spiro atoms. The second kappa shape index (κ2) is 4.36. The summed E-state index contributed by atoms with van der Waals surface area (Å²) in [6.07, 6.45) is 0.542. The van der Waals surface area contributed by atoms with Crippen molar-refractivity contribution in [3.63, 3.8) is 0 Å². The first kappa shape index (κ1) is 10.9. The lowest BCUT2D eigenvalue weighted by atomic mass is 9.74. The molecule has 3 atom stereocenters. The van der Waals surface area contributed by atoms with E-state index in [1.165, 1.54) is 0 Å². The van der Waals surface area contributed by atoms with E-state index >= 15 is 0 Å². The van der Waals surface area contributed by atoms with Gasteiger partial charge in [0, 0.05) is 0 Å². The molecule has 1 rings (SSSR count). The van der Waals surface area contributed by atoms with Crippen LogP contribution in [0.4, 0.5) is 8.78 Å². The van der Waals surface area contributed by atoms with Gasteiger partial charge in [-0.25, -0.2) is 8.78 Å². The van der Waals surface area contributed by atoms with Crippen molar-refractivity contribution >= 4 is 0 Å². The van der Waals surface area contributed by atoms with Gasteiger partial charge in [0.2, 0.25) is 0 Å². The van der Waals surface area contributed by atoms with Crippen LogP contribution in [0.25, 0.3) is 0 Å². The average molecular weight is 191 g/mol. The molecule has 1 aliphatic carbocycles. The highest BCUT2D eigenvalue weighted by molar-refractivity contribution is 4.83. The Bertz CT molecular complexity index is 151. The molecule has 1 saturated carbocycles. The van der Waals surface area contributed by atoms with Crippen molar-refractivity contribution in [2.45, 2.75) is 45.6 Å². The van der Waals surface area contributed by atoms with E-state index in [1.807, 2.05) is 0 Å². The number of hydrogen-bond donors (Lipinski definition) is 1. The van der Waals surface area contributed by atoms with Crippen molar-refractivity contribution in [1.29, 1.82) is 0 Å². The molecule has 1 aliphatic rings. The number of alkyl halides is 2. The van der Waals surface area contributed by atoms with Crippen molar-refractivity contribution in [2.75, 3.05) is 0 Å². The van der Waals surface area contributed by atoms with E-state index in [-0.39, 0.29) is 5.92 Å². The number of nitrogens with two attached hydrogens (primary N) is 1. The van der Waals surface area contributed by atoms with Crippen LogP contribution in [0.3, 0.4) is 0 Å². The molecule has 0 aromatic rings. The van der Waals surface area contributed by atoms with Crippen molar-refractivity contribution in [3.8, 4) is 0 Å². The van der Waals surface area contributed by atoms with Gasteiger partial charge in [0.1, 0.15) is 0 Å². The highest BCUT2D eigenvalue weighted by Gasteiger charge is 2.32. The first-order valence-corrected chi connectivity index (χ1v) is 5.04. The number of hydrogen-bond acceptors (Lipinski definition) is 1. The molecule has 0 amide bonds. The second-order valence-corrected chi connectivity index (χ2v) is 4.59. The van der Waals surface area contributed by atoms with Crippen LogP contribution < -0.4 is 5.73 Å². The van der Waals surface area contributed by atoms with Gasteiger partial charge in [0.25, 0.3) is 6.43 Å². The van der Waals surface area contributed by atoms with E-state index in [4.69, 9.17) is 5.73 Å². The molecule has 0 aromatic carbocycles. The maximum Gasteiger partial charge on any atom is 0.253 e. The Hall–Kier alpha value is -0.180. The summed E-state index contributed by atoms with van der Waals surface area (Å²) >= 11 is 0. The number of halogens is 2. The lowest BCUT2D eigenvalue weighted by Gasteiger charge is -2.34. The van der Waals surface area contributed by atoms with Crippen LogP contribution in [0.2, 0.25) is 0 Å². The maximum absolute atomic E-state index is 12.3. The first-order chi connectivity index (χ1) is 6.00. The quantitative estimate of drug-likeness (QED) is 0.713. The lowest BCUT2D eigenvalue weighted by Crippen LogP contribution is -2.40. The van der Waals surface area contributed by atoms with Crippen LogP contribution >= 0.6 is 0 Å². The van der Waals surface area contributed by atoms with Gasteiger partial charge in [-0.2, -0.15) is 0 Å². The van der Waals surface area contributed by atoms with Gasteiger partial charge in [-0.3, -0.25) is 0 Å². The summed E-state index contributed by atoms with van der Waals surface area (Å²) in [5.41, 5.74) is 5.47. The summed E-state index contributed by atoms with van der Waals surface area (Å²) < 4.78 is 24.7. The van der Waals surface area contributed by atoms with E-state index in [0.717, 1.165) is 19.3 Å². The molecule has 3 unspecified atom stereocenters. The summed E-state index contributed by atoms with van der Waals surface area (Å²) in [6.45, 7) is 4.25. The summed E-state index contributed by atoms with van der Waals surface area (Å²) in [5.74, 6) is 1.14. The molecule has 0 radical (unpaired) electrons. The van der Waals surface area contributed by atoms with Crippen LogP contribution in [-0.4, -0.2) is 12.5 Å². The zero-order valence-corrected chi connectivity index (χ0v) is 8.34. The summed E-state index contributed by atoms with van der Waals surface area (Å²) in [4.78, 5) is 0. The smallest absolute Gasteiger partial charge is 0.253 e. The summed E-state index contributed by atoms with van der Waals surface area (Å²) in [6, 6.07) is -0.912. The number of rotatable bonds is 2. The maximum atomic E-state index is 12.3. The Balaban J connectivity index is 2.49. The van der Waals surface area contributed by atoms with E-state index in [9.17, 15) is 8.78 Å². The van der Waals surface area contributed by atoms with Crippen LogP contribution in [0, 0.1) is 17.8 Å². The fourth-order valence-corrected chi connectivity index (χ4v) is 2.53. The van der Waals surface area contributed by atoms with Gasteiger partial charge in [0.05, 0.1) is 6.04 Å². The van der Waals surface area contributed by atoms with Crippen LogP contribution in [-0.2, 0) is 0 Å². The highest BCUT2D eigenvalue weighted by atomic mass is 19.3. The summed E-state index contributed by atoms with van der Waals surface area (Å²) in [7, 11) is 0. The minimum Gasteiger partial charge on any atom is -0.323 e. The highest BCUT2D eigenvalue weighted by Crippen LogP contribution is 2.35. The fourth-order valence-electron chi connectivity index (χ4n) is 2.53. The Morgan fingerprint density at radius 2 is 1.54 bits per heavy atom. The zero-order chi connectivity index (χ0) is 10.0. The van der Waals surface area contributed by atoms with Gasteiger partial charge in [0.15, 0.2) is 0 Å². The van der Waals surface area contributed by atoms with E-state index in [0.29, 0.717) is 11.8 Å². The van der Waals surface area contributed by atoms with E-state index in [1.54, 1.807) is 0 Å². The Labute approximate surface area is 78.7 Å². The van der Waals surface area contributed by atoms with Crippen molar-refractivity contribution in [1.82, 2.24) is 0 Å². The Morgan fingerprint density at radius 3 is 1.92 bits per heavy atom. The Kier molecular flexibility index (Phi) is 3.65. The third kappa shape index (κ3) is 2.90. The molecule has 0 bridgehead atoms. The molecule has 0 aliphatic heterocycles. The minimum absolute atomic E-state index is 0.0266. The molecular weight excluding hydrogens is 172 g/mol.